The van der Waals surface area contributed by atoms with Gasteiger partial charge in [0.2, 0.25) is 0 Å². The molecule has 0 radical (unpaired) electrons. The number of aliphatic carboxylic acids is 1. The molecular weight excluding hydrogens is 413 g/mol. The van der Waals surface area contributed by atoms with Gasteiger partial charge in [-0.05, 0) is 58.4 Å². The van der Waals surface area contributed by atoms with E-state index in [1.54, 1.807) is 6.07 Å². The van der Waals surface area contributed by atoms with Crippen molar-refractivity contribution in [3.63, 3.8) is 0 Å². The lowest BCUT2D eigenvalue weighted by atomic mass is 9.87. The summed E-state index contributed by atoms with van der Waals surface area (Å²) in [4.78, 5) is 12.0. The van der Waals surface area contributed by atoms with Gasteiger partial charge in [0.05, 0.1) is 11.5 Å². The van der Waals surface area contributed by atoms with Gasteiger partial charge < -0.3 is 5.11 Å². The average Bonchev–Trinajstić information content (AvgIpc) is 2.76. The Balaban J connectivity index is 2.07. The van der Waals surface area contributed by atoms with Crippen LogP contribution in [0.2, 0.25) is 0 Å². The van der Waals surface area contributed by atoms with Crippen molar-refractivity contribution in [2.24, 2.45) is 5.92 Å². The van der Waals surface area contributed by atoms with Crippen molar-refractivity contribution in [3.8, 4) is 11.1 Å². The molecule has 1 atom stereocenters. The lowest BCUT2D eigenvalue weighted by Gasteiger charge is -2.17. The summed E-state index contributed by atoms with van der Waals surface area (Å²) >= 11 is 0. The molecule has 3 rings (SSSR count). The third kappa shape index (κ3) is 6.10. The lowest BCUT2D eigenvalue weighted by Crippen LogP contribution is -2.14. The molecule has 32 heavy (non-hydrogen) atoms. The fourth-order valence-electron chi connectivity index (χ4n) is 3.60. The van der Waals surface area contributed by atoms with Crippen LogP contribution in [0.1, 0.15) is 48.4 Å². The molecule has 0 amide bonds. The molecule has 0 aromatic heterocycles. The zero-order valence-corrected chi connectivity index (χ0v) is 17.9. The monoisotopic (exact) mass is 438 g/mol. The predicted octanol–water partition coefficient (Wildman–Crippen LogP) is 7.76. The van der Waals surface area contributed by atoms with Crippen LogP contribution in [0.5, 0.6) is 0 Å². The number of benzene rings is 3. The number of hydrogen-bond acceptors (Lipinski definition) is 1. The first kappa shape index (κ1) is 23.3. The molecule has 0 saturated carbocycles. The van der Waals surface area contributed by atoms with E-state index in [-0.39, 0.29) is 5.92 Å². The van der Waals surface area contributed by atoms with Crippen LogP contribution in [-0.2, 0) is 11.0 Å². The smallest absolute Gasteiger partial charge is 0.416 e. The highest BCUT2D eigenvalue weighted by atomic mass is 19.4. The molecule has 1 unspecified atom stereocenters. The molecule has 3 aromatic carbocycles. The number of rotatable bonds is 7. The second-order valence-corrected chi connectivity index (χ2v) is 8.23. The number of carbonyl (C=O) groups is 1. The van der Waals surface area contributed by atoms with Gasteiger partial charge in [-0.1, -0.05) is 80.6 Å². The predicted molar refractivity (Wildman–Crippen MR) is 122 cm³/mol. The van der Waals surface area contributed by atoms with Crippen molar-refractivity contribution in [1.29, 1.82) is 0 Å². The summed E-state index contributed by atoms with van der Waals surface area (Å²) in [6, 6.07) is 20.1. The summed E-state index contributed by atoms with van der Waals surface area (Å²) in [6.45, 7) is 3.93. The second kappa shape index (κ2) is 9.86. The molecule has 0 saturated heterocycles. The molecule has 0 fully saturated rings. The number of hydrogen-bond donors (Lipinski definition) is 1. The van der Waals surface area contributed by atoms with Gasteiger partial charge in [0.15, 0.2) is 0 Å². The molecule has 2 nitrogen and oxygen atoms in total. The van der Waals surface area contributed by atoms with E-state index in [1.165, 1.54) is 12.1 Å². The van der Waals surface area contributed by atoms with Gasteiger partial charge in [0, 0.05) is 0 Å². The van der Waals surface area contributed by atoms with Crippen LogP contribution in [0.4, 0.5) is 13.2 Å². The molecule has 166 valence electrons. The highest BCUT2D eigenvalue weighted by Gasteiger charge is 2.30. The second-order valence-electron chi connectivity index (χ2n) is 8.23. The SMILES string of the molecule is CC(C)CC(C(=O)O)c1cc(/C=C\c2ccccc2)cc(-c2ccc(C(F)(F)F)cc2)c1. The first-order valence-corrected chi connectivity index (χ1v) is 10.4. The van der Waals surface area contributed by atoms with Crippen LogP contribution in [0.3, 0.4) is 0 Å². The third-order valence-electron chi connectivity index (χ3n) is 5.20. The molecule has 0 spiro atoms. The first-order valence-electron chi connectivity index (χ1n) is 10.4. The summed E-state index contributed by atoms with van der Waals surface area (Å²) in [5.41, 5.74) is 2.98. The summed E-state index contributed by atoms with van der Waals surface area (Å²) in [5, 5.41) is 9.82. The van der Waals surface area contributed by atoms with E-state index in [2.05, 4.69) is 0 Å². The third-order valence-corrected chi connectivity index (χ3v) is 5.20. The highest BCUT2D eigenvalue weighted by Crippen LogP contribution is 2.33. The normalized spacial score (nSPS) is 12.9. The quantitative estimate of drug-likeness (QED) is 0.383. The molecular formula is C27H25F3O2. The molecule has 1 N–H and O–H groups in total. The van der Waals surface area contributed by atoms with Crippen LogP contribution >= 0.6 is 0 Å². The zero-order chi connectivity index (χ0) is 23.3. The number of carboxylic acids is 1. The van der Waals surface area contributed by atoms with E-state index in [1.807, 2.05) is 68.5 Å². The zero-order valence-electron chi connectivity index (χ0n) is 17.9. The Morgan fingerprint density at radius 3 is 2.06 bits per heavy atom. The van der Waals surface area contributed by atoms with Crippen LogP contribution in [0, 0.1) is 5.92 Å². The minimum atomic E-state index is -4.41. The van der Waals surface area contributed by atoms with Crippen LogP contribution < -0.4 is 0 Å². The number of halogens is 3. The Labute approximate surface area is 186 Å². The van der Waals surface area contributed by atoms with Gasteiger partial charge in [0.25, 0.3) is 0 Å². The topological polar surface area (TPSA) is 37.3 Å². The largest absolute Gasteiger partial charge is 0.481 e. The minimum absolute atomic E-state index is 0.175. The standard InChI is InChI=1S/C27H25F3O2/c1-18(2)14-25(26(31)32)23-16-20(9-8-19-6-4-3-5-7-19)15-22(17-23)21-10-12-24(13-11-21)27(28,29)30/h3-13,15-18,25H,14H2,1-2H3,(H,31,32)/b9-8-. The van der Waals surface area contributed by atoms with E-state index < -0.39 is 23.6 Å². The maximum Gasteiger partial charge on any atom is 0.416 e. The maximum absolute atomic E-state index is 13.0. The van der Waals surface area contributed by atoms with Gasteiger partial charge >= 0.3 is 12.1 Å². The van der Waals surface area contributed by atoms with Gasteiger partial charge in [-0.25, -0.2) is 0 Å². The van der Waals surface area contributed by atoms with Crippen molar-refractivity contribution < 1.29 is 23.1 Å². The maximum atomic E-state index is 13.0. The summed E-state index contributed by atoms with van der Waals surface area (Å²) in [6.07, 6.45) is -0.127. The van der Waals surface area contributed by atoms with Gasteiger partial charge in [-0.2, -0.15) is 13.2 Å². The van der Waals surface area contributed by atoms with Crippen LogP contribution in [0.25, 0.3) is 23.3 Å². The fourth-order valence-corrected chi connectivity index (χ4v) is 3.60. The summed E-state index contributed by atoms with van der Waals surface area (Å²) in [5.74, 6) is -1.44. The van der Waals surface area contributed by atoms with E-state index in [0.29, 0.717) is 23.1 Å². The molecule has 0 aliphatic heterocycles. The van der Waals surface area contributed by atoms with E-state index in [4.69, 9.17) is 0 Å². The summed E-state index contributed by atoms with van der Waals surface area (Å²) < 4.78 is 38.9. The van der Waals surface area contributed by atoms with E-state index >= 15 is 0 Å². The van der Waals surface area contributed by atoms with Crippen molar-refractivity contribution in [2.75, 3.05) is 0 Å². The number of carboxylic acid groups (broad SMARTS) is 1. The van der Waals surface area contributed by atoms with Crippen molar-refractivity contribution in [1.82, 2.24) is 0 Å². The Morgan fingerprint density at radius 1 is 0.875 bits per heavy atom. The molecule has 5 heteroatoms. The fraction of sp³-hybridized carbons (Fsp3) is 0.222. The van der Waals surface area contributed by atoms with Crippen LogP contribution in [-0.4, -0.2) is 11.1 Å². The Kier molecular flexibility index (Phi) is 7.18. The molecule has 3 aromatic rings. The average molecular weight is 438 g/mol. The Hall–Kier alpha value is -3.34. The highest BCUT2D eigenvalue weighted by molar-refractivity contribution is 5.80. The molecule has 0 aliphatic rings. The first-order chi connectivity index (χ1) is 15.1. The van der Waals surface area contributed by atoms with Gasteiger partial charge in [-0.15, -0.1) is 0 Å². The number of alkyl halides is 3. The summed E-state index contributed by atoms with van der Waals surface area (Å²) in [7, 11) is 0. The van der Waals surface area contributed by atoms with E-state index in [9.17, 15) is 23.1 Å². The minimum Gasteiger partial charge on any atom is -0.481 e. The molecule has 0 heterocycles. The van der Waals surface area contributed by atoms with Crippen molar-refractivity contribution >= 4 is 18.1 Å². The Morgan fingerprint density at radius 2 is 1.50 bits per heavy atom. The van der Waals surface area contributed by atoms with Crippen LogP contribution in [0.15, 0.2) is 72.8 Å². The van der Waals surface area contributed by atoms with E-state index in [0.717, 1.165) is 23.3 Å². The Bertz CT molecular complexity index is 1080. The lowest BCUT2D eigenvalue weighted by molar-refractivity contribution is -0.139. The van der Waals surface area contributed by atoms with Gasteiger partial charge in [0.1, 0.15) is 0 Å². The van der Waals surface area contributed by atoms with Crippen molar-refractivity contribution in [3.05, 3.63) is 95.1 Å². The molecule has 0 aliphatic carbocycles. The van der Waals surface area contributed by atoms with Gasteiger partial charge in [-0.3, -0.25) is 4.79 Å². The van der Waals surface area contributed by atoms with Crippen molar-refractivity contribution in [2.45, 2.75) is 32.4 Å². The molecule has 0 bridgehead atoms.